The van der Waals surface area contributed by atoms with Crippen LogP contribution in [0, 0.1) is 13.8 Å². The highest BCUT2D eigenvalue weighted by Gasteiger charge is 2.13. The molecule has 0 radical (unpaired) electrons. The number of amides is 1. The molecule has 0 saturated carbocycles. The third kappa shape index (κ3) is 2.30. The lowest BCUT2D eigenvalue weighted by molar-refractivity contribution is -0.114. The van der Waals surface area contributed by atoms with Gasteiger partial charge >= 0.3 is 0 Å². The lowest BCUT2D eigenvalue weighted by Gasteiger charge is -2.09. The SMILES string of the molecule is CC(=O)Nc1nc(C)c(C)nc1-c1ncc[nH]1. The van der Waals surface area contributed by atoms with Crippen LogP contribution < -0.4 is 5.32 Å². The molecule has 88 valence electrons. The Kier molecular flexibility index (Phi) is 2.86. The molecule has 0 aliphatic carbocycles. The van der Waals surface area contributed by atoms with E-state index in [-0.39, 0.29) is 5.91 Å². The molecule has 0 bridgehead atoms. The minimum atomic E-state index is -0.185. The van der Waals surface area contributed by atoms with Crippen LogP contribution in [-0.2, 0) is 4.79 Å². The predicted octanol–water partition coefficient (Wildman–Crippen LogP) is 1.44. The molecule has 2 aromatic rings. The van der Waals surface area contributed by atoms with Crippen LogP contribution in [0.2, 0.25) is 0 Å². The van der Waals surface area contributed by atoms with Crippen molar-refractivity contribution < 1.29 is 4.79 Å². The van der Waals surface area contributed by atoms with Gasteiger partial charge in [-0.2, -0.15) is 0 Å². The Morgan fingerprint density at radius 3 is 2.59 bits per heavy atom. The number of aryl methyl sites for hydroxylation is 2. The van der Waals surface area contributed by atoms with Crippen LogP contribution >= 0.6 is 0 Å². The number of carbonyl (C=O) groups is 1. The van der Waals surface area contributed by atoms with Crippen LogP contribution in [0.5, 0.6) is 0 Å². The molecule has 1 amide bonds. The van der Waals surface area contributed by atoms with Crippen molar-refractivity contribution in [2.75, 3.05) is 5.32 Å². The first-order valence-corrected chi connectivity index (χ1v) is 5.20. The highest BCUT2D eigenvalue weighted by molar-refractivity contribution is 5.90. The molecule has 0 unspecified atom stereocenters. The molecule has 2 heterocycles. The zero-order valence-electron chi connectivity index (χ0n) is 9.90. The van der Waals surface area contributed by atoms with E-state index in [0.29, 0.717) is 17.3 Å². The number of imidazole rings is 1. The van der Waals surface area contributed by atoms with Crippen molar-refractivity contribution in [2.45, 2.75) is 20.8 Å². The molecule has 2 N–H and O–H groups in total. The summed E-state index contributed by atoms with van der Waals surface area (Å²) in [4.78, 5) is 26.9. The number of hydrogen-bond donors (Lipinski definition) is 2. The Balaban J connectivity index is 2.55. The summed E-state index contributed by atoms with van der Waals surface area (Å²) in [6.07, 6.45) is 3.33. The second kappa shape index (κ2) is 4.32. The molecule has 2 rings (SSSR count). The van der Waals surface area contributed by atoms with E-state index in [1.165, 1.54) is 6.92 Å². The van der Waals surface area contributed by atoms with E-state index in [0.717, 1.165) is 11.4 Å². The highest BCUT2D eigenvalue weighted by atomic mass is 16.1. The van der Waals surface area contributed by atoms with Crippen molar-refractivity contribution in [2.24, 2.45) is 0 Å². The van der Waals surface area contributed by atoms with Crippen molar-refractivity contribution in [3.05, 3.63) is 23.8 Å². The number of aromatic nitrogens is 4. The summed E-state index contributed by atoms with van der Waals surface area (Å²) in [5.74, 6) is 0.829. The molecule has 17 heavy (non-hydrogen) atoms. The minimum absolute atomic E-state index is 0.185. The maximum atomic E-state index is 11.1. The first-order valence-electron chi connectivity index (χ1n) is 5.20. The number of anilines is 1. The second-order valence-corrected chi connectivity index (χ2v) is 3.71. The summed E-state index contributed by atoms with van der Waals surface area (Å²) in [7, 11) is 0. The molecule has 0 aliphatic heterocycles. The Bertz CT molecular complexity index is 547. The van der Waals surface area contributed by atoms with E-state index >= 15 is 0 Å². The van der Waals surface area contributed by atoms with Crippen LogP contribution in [0.3, 0.4) is 0 Å². The largest absolute Gasteiger partial charge is 0.343 e. The van der Waals surface area contributed by atoms with Gasteiger partial charge in [-0.15, -0.1) is 0 Å². The summed E-state index contributed by atoms with van der Waals surface area (Å²) in [6, 6.07) is 0. The summed E-state index contributed by atoms with van der Waals surface area (Å²) in [5.41, 5.74) is 2.14. The smallest absolute Gasteiger partial charge is 0.222 e. The number of nitrogens with one attached hydrogen (secondary N) is 2. The average molecular weight is 231 g/mol. The van der Waals surface area contributed by atoms with Gasteiger partial charge in [-0.3, -0.25) is 4.79 Å². The Morgan fingerprint density at radius 2 is 2.00 bits per heavy atom. The lowest BCUT2D eigenvalue weighted by atomic mass is 10.3. The molecule has 0 aromatic carbocycles. The molecule has 6 heteroatoms. The fourth-order valence-electron chi connectivity index (χ4n) is 1.42. The topological polar surface area (TPSA) is 83.6 Å². The Labute approximate surface area is 98.5 Å². The van der Waals surface area contributed by atoms with E-state index in [9.17, 15) is 4.79 Å². The minimum Gasteiger partial charge on any atom is -0.343 e. The molecule has 6 nitrogen and oxygen atoms in total. The van der Waals surface area contributed by atoms with E-state index in [2.05, 4.69) is 25.3 Å². The van der Waals surface area contributed by atoms with Crippen molar-refractivity contribution >= 4 is 11.7 Å². The van der Waals surface area contributed by atoms with Gasteiger partial charge in [-0.05, 0) is 13.8 Å². The van der Waals surface area contributed by atoms with Crippen molar-refractivity contribution in [1.29, 1.82) is 0 Å². The Morgan fingerprint density at radius 1 is 1.29 bits per heavy atom. The first-order chi connectivity index (χ1) is 8.08. The van der Waals surface area contributed by atoms with Gasteiger partial charge in [0.1, 0.15) is 5.69 Å². The van der Waals surface area contributed by atoms with Gasteiger partial charge in [0.25, 0.3) is 0 Å². The van der Waals surface area contributed by atoms with E-state index < -0.39 is 0 Å². The number of nitrogens with zero attached hydrogens (tertiary/aromatic N) is 3. The van der Waals surface area contributed by atoms with E-state index in [1.807, 2.05) is 13.8 Å². The van der Waals surface area contributed by atoms with Crippen LogP contribution in [0.4, 0.5) is 5.82 Å². The van der Waals surface area contributed by atoms with Crippen LogP contribution in [0.1, 0.15) is 18.3 Å². The molecular weight excluding hydrogens is 218 g/mol. The van der Waals surface area contributed by atoms with Crippen molar-refractivity contribution in [1.82, 2.24) is 19.9 Å². The fourth-order valence-corrected chi connectivity index (χ4v) is 1.42. The van der Waals surface area contributed by atoms with Gasteiger partial charge in [0.2, 0.25) is 5.91 Å². The molecule has 0 spiro atoms. The molecular formula is C11H13N5O. The van der Waals surface area contributed by atoms with Gasteiger partial charge < -0.3 is 10.3 Å². The number of aromatic amines is 1. The van der Waals surface area contributed by atoms with E-state index in [1.54, 1.807) is 12.4 Å². The number of hydrogen-bond acceptors (Lipinski definition) is 4. The normalized spacial score (nSPS) is 10.3. The van der Waals surface area contributed by atoms with Crippen LogP contribution in [-0.4, -0.2) is 25.8 Å². The monoisotopic (exact) mass is 231 g/mol. The zero-order chi connectivity index (χ0) is 12.4. The maximum Gasteiger partial charge on any atom is 0.222 e. The van der Waals surface area contributed by atoms with Crippen LogP contribution in [0.25, 0.3) is 11.5 Å². The van der Waals surface area contributed by atoms with Gasteiger partial charge in [-0.25, -0.2) is 15.0 Å². The third-order valence-corrected chi connectivity index (χ3v) is 2.32. The Hall–Kier alpha value is -2.24. The second-order valence-electron chi connectivity index (χ2n) is 3.71. The molecule has 0 saturated heterocycles. The van der Waals surface area contributed by atoms with Crippen LogP contribution in [0.15, 0.2) is 12.4 Å². The fraction of sp³-hybridized carbons (Fsp3) is 0.273. The van der Waals surface area contributed by atoms with Gasteiger partial charge in [0.05, 0.1) is 11.4 Å². The predicted molar refractivity (Wildman–Crippen MR) is 63.4 cm³/mol. The third-order valence-electron chi connectivity index (χ3n) is 2.32. The van der Waals surface area contributed by atoms with Gasteiger partial charge in [0.15, 0.2) is 11.6 Å². The van der Waals surface area contributed by atoms with E-state index in [4.69, 9.17) is 0 Å². The maximum absolute atomic E-state index is 11.1. The first kappa shape index (κ1) is 11.3. The summed E-state index contributed by atoms with van der Waals surface area (Å²) in [6.45, 7) is 5.15. The average Bonchev–Trinajstić information content (AvgIpc) is 2.75. The van der Waals surface area contributed by atoms with Gasteiger partial charge in [-0.1, -0.05) is 0 Å². The van der Waals surface area contributed by atoms with Gasteiger partial charge in [0, 0.05) is 19.3 Å². The number of H-pyrrole nitrogens is 1. The molecule has 0 aliphatic rings. The highest BCUT2D eigenvalue weighted by Crippen LogP contribution is 2.22. The van der Waals surface area contributed by atoms with Crippen molar-refractivity contribution in [3.63, 3.8) is 0 Å². The lowest BCUT2D eigenvalue weighted by Crippen LogP contribution is -2.11. The quantitative estimate of drug-likeness (QED) is 0.819. The molecule has 0 atom stereocenters. The number of rotatable bonds is 2. The number of carbonyl (C=O) groups excluding carboxylic acids is 1. The molecule has 2 aromatic heterocycles. The summed E-state index contributed by atoms with van der Waals surface area (Å²) < 4.78 is 0. The zero-order valence-corrected chi connectivity index (χ0v) is 9.90. The van der Waals surface area contributed by atoms with Crippen molar-refractivity contribution in [3.8, 4) is 11.5 Å². The summed E-state index contributed by atoms with van der Waals surface area (Å²) in [5, 5.41) is 2.66. The molecule has 0 fully saturated rings. The summed E-state index contributed by atoms with van der Waals surface area (Å²) >= 11 is 0. The standard InChI is InChI=1S/C11H13N5O/c1-6-7(2)15-11(16-8(3)17)9(14-6)10-12-4-5-13-10/h4-5H,1-3H3,(H,12,13)(H,15,16,17).